The van der Waals surface area contributed by atoms with E-state index in [1.165, 1.54) is 0 Å². The summed E-state index contributed by atoms with van der Waals surface area (Å²) in [5.41, 5.74) is 6.67. The molecule has 0 fully saturated rings. The van der Waals surface area contributed by atoms with Crippen LogP contribution in [0.25, 0.3) is 0 Å². The van der Waals surface area contributed by atoms with Crippen LogP contribution < -0.4 is 11.1 Å². The number of nitrogens with two attached hydrogens (primary N) is 1. The Kier molecular flexibility index (Phi) is 6.89. The van der Waals surface area contributed by atoms with E-state index in [0.29, 0.717) is 18.0 Å². The van der Waals surface area contributed by atoms with Crippen LogP contribution in [0, 0.1) is 5.92 Å². The van der Waals surface area contributed by atoms with Gasteiger partial charge in [0.2, 0.25) is 5.91 Å². The first kappa shape index (κ1) is 16.0. The van der Waals surface area contributed by atoms with Crippen molar-refractivity contribution in [3.05, 3.63) is 34.9 Å². The van der Waals surface area contributed by atoms with E-state index in [-0.39, 0.29) is 17.9 Å². The lowest BCUT2D eigenvalue weighted by Gasteiger charge is -2.19. The summed E-state index contributed by atoms with van der Waals surface area (Å²) in [6, 6.07) is 7.64. The lowest BCUT2D eigenvalue weighted by molar-refractivity contribution is -0.122. The summed E-state index contributed by atoms with van der Waals surface area (Å²) < 4.78 is 0. The molecule has 0 saturated heterocycles. The number of hydrogen-bond donors (Lipinski definition) is 2. The van der Waals surface area contributed by atoms with Crippen molar-refractivity contribution >= 4 is 17.5 Å². The highest BCUT2D eigenvalue weighted by atomic mass is 35.5. The van der Waals surface area contributed by atoms with Gasteiger partial charge in [0.05, 0.1) is 6.04 Å². The zero-order chi connectivity index (χ0) is 14.3. The Morgan fingerprint density at radius 2 is 2.11 bits per heavy atom. The number of hydrogen-bond acceptors (Lipinski definition) is 2. The van der Waals surface area contributed by atoms with Gasteiger partial charge >= 0.3 is 0 Å². The molecular weight excluding hydrogens is 260 g/mol. The molecule has 0 saturated carbocycles. The zero-order valence-electron chi connectivity index (χ0n) is 11.7. The monoisotopic (exact) mass is 282 g/mol. The fourth-order valence-electron chi connectivity index (χ4n) is 2.05. The number of nitrogens with one attached hydrogen (secondary N) is 1. The minimum atomic E-state index is 0.0153. The molecule has 0 aromatic heterocycles. The lowest BCUT2D eigenvalue weighted by Crippen LogP contribution is -2.31. The normalized spacial score (nSPS) is 13.9. The molecule has 19 heavy (non-hydrogen) atoms. The third-order valence-corrected chi connectivity index (χ3v) is 3.61. The molecule has 0 bridgehead atoms. The molecule has 0 aliphatic carbocycles. The van der Waals surface area contributed by atoms with Crippen LogP contribution in [-0.2, 0) is 4.79 Å². The quantitative estimate of drug-likeness (QED) is 0.806. The van der Waals surface area contributed by atoms with Crippen LogP contribution >= 0.6 is 11.6 Å². The second-order valence-corrected chi connectivity index (χ2v) is 5.23. The maximum absolute atomic E-state index is 12.0. The molecule has 0 radical (unpaired) electrons. The van der Waals surface area contributed by atoms with E-state index < -0.39 is 0 Å². The standard InChI is InChI=1S/C15H23ClN2O/c1-3-11(10-17)8-15(19)18-14(4-2)12-6-5-7-13(16)9-12/h5-7,9,11,14H,3-4,8,10,17H2,1-2H3,(H,18,19). The molecule has 2 unspecified atom stereocenters. The van der Waals surface area contributed by atoms with E-state index in [2.05, 4.69) is 12.2 Å². The molecule has 4 heteroatoms. The van der Waals surface area contributed by atoms with Crippen LogP contribution in [0.3, 0.4) is 0 Å². The molecule has 3 nitrogen and oxygen atoms in total. The minimum Gasteiger partial charge on any atom is -0.349 e. The molecule has 0 heterocycles. The van der Waals surface area contributed by atoms with Crippen LogP contribution in [0.5, 0.6) is 0 Å². The number of halogens is 1. The first-order valence-corrected chi connectivity index (χ1v) is 7.23. The molecule has 3 N–H and O–H groups in total. The predicted molar refractivity (Wildman–Crippen MR) is 80.1 cm³/mol. The van der Waals surface area contributed by atoms with Crippen molar-refractivity contribution in [2.24, 2.45) is 11.7 Å². The summed E-state index contributed by atoms with van der Waals surface area (Å²) >= 11 is 5.98. The smallest absolute Gasteiger partial charge is 0.220 e. The second kappa shape index (κ2) is 8.18. The van der Waals surface area contributed by atoms with Gasteiger partial charge in [0.1, 0.15) is 0 Å². The summed E-state index contributed by atoms with van der Waals surface area (Å²) in [4.78, 5) is 12.0. The fourth-order valence-corrected chi connectivity index (χ4v) is 2.25. The average Bonchev–Trinajstić information content (AvgIpc) is 2.42. The Balaban J connectivity index is 2.64. The van der Waals surface area contributed by atoms with Crippen molar-refractivity contribution in [2.45, 2.75) is 39.2 Å². The lowest BCUT2D eigenvalue weighted by atomic mass is 10.0. The Hall–Kier alpha value is -1.06. The summed E-state index contributed by atoms with van der Waals surface area (Å²) in [6.45, 7) is 4.66. The Morgan fingerprint density at radius 1 is 1.37 bits per heavy atom. The van der Waals surface area contributed by atoms with Crippen molar-refractivity contribution in [3.63, 3.8) is 0 Å². The van der Waals surface area contributed by atoms with Crippen LogP contribution in [0.2, 0.25) is 5.02 Å². The molecule has 1 aromatic carbocycles. The van der Waals surface area contributed by atoms with Gasteiger partial charge in [-0.15, -0.1) is 0 Å². The van der Waals surface area contributed by atoms with Gasteiger partial charge in [-0.25, -0.2) is 0 Å². The number of amides is 1. The van der Waals surface area contributed by atoms with E-state index in [4.69, 9.17) is 17.3 Å². The van der Waals surface area contributed by atoms with E-state index in [9.17, 15) is 4.79 Å². The molecule has 1 rings (SSSR count). The Bertz CT molecular complexity index is 405. The minimum absolute atomic E-state index is 0.0153. The highest BCUT2D eigenvalue weighted by Crippen LogP contribution is 2.20. The fraction of sp³-hybridized carbons (Fsp3) is 0.533. The average molecular weight is 283 g/mol. The number of rotatable bonds is 7. The largest absolute Gasteiger partial charge is 0.349 e. The van der Waals surface area contributed by atoms with Crippen molar-refractivity contribution in [2.75, 3.05) is 6.54 Å². The van der Waals surface area contributed by atoms with Gasteiger partial charge in [-0.1, -0.05) is 44.0 Å². The molecule has 0 spiro atoms. The third kappa shape index (κ3) is 5.21. The number of carbonyl (C=O) groups is 1. The van der Waals surface area contributed by atoms with Gasteiger partial charge in [0.15, 0.2) is 0 Å². The summed E-state index contributed by atoms with van der Waals surface area (Å²) in [5.74, 6) is 0.320. The van der Waals surface area contributed by atoms with Gasteiger partial charge in [-0.05, 0) is 36.6 Å². The van der Waals surface area contributed by atoms with Gasteiger partial charge < -0.3 is 11.1 Å². The molecule has 1 aromatic rings. The molecular formula is C15H23ClN2O. The van der Waals surface area contributed by atoms with Gasteiger partial charge in [-0.3, -0.25) is 4.79 Å². The molecule has 1 amide bonds. The van der Waals surface area contributed by atoms with E-state index in [1.54, 1.807) is 0 Å². The topological polar surface area (TPSA) is 55.1 Å². The number of carbonyl (C=O) groups excluding carboxylic acids is 1. The van der Waals surface area contributed by atoms with Gasteiger partial charge in [0, 0.05) is 11.4 Å². The molecule has 0 aliphatic heterocycles. The van der Waals surface area contributed by atoms with Crippen molar-refractivity contribution in [3.8, 4) is 0 Å². The van der Waals surface area contributed by atoms with E-state index in [0.717, 1.165) is 18.4 Å². The maximum atomic E-state index is 12.0. The van der Waals surface area contributed by atoms with Crippen molar-refractivity contribution in [1.82, 2.24) is 5.32 Å². The zero-order valence-corrected chi connectivity index (χ0v) is 12.4. The van der Waals surface area contributed by atoms with Crippen LogP contribution in [0.1, 0.15) is 44.7 Å². The first-order chi connectivity index (χ1) is 9.10. The highest BCUT2D eigenvalue weighted by Gasteiger charge is 2.15. The Labute approximate surface area is 120 Å². The highest BCUT2D eigenvalue weighted by molar-refractivity contribution is 6.30. The first-order valence-electron chi connectivity index (χ1n) is 6.85. The van der Waals surface area contributed by atoms with Crippen LogP contribution in [0.4, 0.5) is 0 Å². The van der Waals surface area contributed by atoms with Gasteiger partial charge in [0.25, 0.3) is 0 Å². The summed E-state index contributed by atoms with van der Waals surface area (Å²) in [5, 5.41) is 3.75. The molecule has 106 valence electrons. The number of benzene rings is 1. The van der Waals surface area contributed by atoms with Crippen molar-refractivity contribution in [1.29, 1.82) is 0 Å². The summed E-state index contributed by atoms with van der Waals surface area (Å²) in [7, 11) is 0. The maximum Gasteiger partial charge on any atom is 0.220 e. The van der Waals surface area contributed by atoms with Crippen LogP contribution in [-0.4, -0.2) is 12.5 Å². The van der Waals surface area contributed by atoms with E-state index in [1.807, 2.05) is 31.2 Å². The van der Waals surface area contributed by atoms with Gasteiger partial charge in [-0.2, -0.15) is 0 Å². The van der Waals surface area contributed by atoms with E-state index >= 15 is 0 Å². The van der Waals surface area contributed by atoms with Crippen LogP contribution in [0.15, 0.2) is 24.3 Å². The third-order valence-electron chi connectivity index (χ3n) is 3.38. The molecule has 2 atom stereocenters. The van der Waals surface area contributed by atoms with Crippen molar-refractivity contribution < 1.29 is 4.79 Å². The SMILES string of the molecule is CCC(CN)CC(=O)NC(CC)c1cccc(Cl)c1. The summed E-state index contributed by atoms with van der Waals surface area (Å²) in [6.07, 6.45) is 2.26. The second-order valence-electron chi connectivity index (χ2n) is 4.80. The predicted octanol–water partition coefficient (Wildman–Crippen LogP) is 3.28. The molecule has 0 aliphatic rings. The Morgan fingerprint density at radius 3 is 2.63 bits per heavy atom.